The fourth-order valence-electron chi connectivity index (χ4n) is 4.21. The van der Waals surface area contributed by atoms with Crippen LogP contribution in [0.15, 0.2) is 24.3 Å². The summed E-state index contributed by atoms with van der Waals surface area (Å²) in [6.45, 7) is 1.20. The smallest absolute Gasteiger partial charge is 0.325 e. The van der Waals surface area contributed by atoms with Gasteiger partial charge in [0.25, 0.3) is 11.8 Å². The molecule has 1 atom stereocenters. The predicted octanol–water partition coefficient (Wildman–Crippen LogP) is 2.27. The average Bonchev–Trinajstić information content (AvgIpc) is 3.36. The highest BCUT2D eigenvalue weighted by molar-refractivity contribution is 7.17. The van der Waals surface area contributed by atoms with Crippen molar-refractivity contribution in [1.29, 1.82) is 0 Å². The first kappa shape index (κ1) is 21.0. The maximum atomic E-state index is 13.3. The summed E-state index contributed by atoms with van der Waals surface area (Å²) < 4.78 is 13.3. The Balaban J connectivity index is 1.54. The van der Waals surface area contributed by atoms with Crippen LogP contribution in [-0.4, -0.2) is 35.2 Å². The molecule has 5 amide bonds. The quantitative estimate of drug-likeness (QED) is 0.592. The Hall–Kier alpha value is -3.27. The summed E-state index contributed by atoms with van der Waals surface area (Å²) in [4.78, 5) is 52.1. The number of rotatable bonds is 6. The van der Waals surface area contributed by atoms with Crippen molar-refractivity contribution in [1.82, 2.24) is 10.2 Å². The molecular formula is C21H21FN4O4S. The molecule has 2 heterocycles. The lowest BCUT2D eigenvalue weighted by molar-refractivity contribution is -0.134. The number of carbonyl (C=O) groups excluding carboxylic acids is 4. The first-order valence-electron chi connectivity index (χ1n) is 9.91. The third kappa shape index (κ3) is 3.46. The number of thiophene rings is 1. The Labute approximate surface area is 181 Å². The maximum Gasteiger partial charge on any atom is 0.325 e. The topological polar surface area (TPSA) is 122 Å². The van der Waals surface area contributed by atoms with Crippen LogP contribution < -0.4 is 16.4 Å². The van der Waals surface area contributed by atoms with Gasteiger partial charge in [0.05, 0.1) is 5.56 Å². The maximum absolute atomic E-state index is 13.3. The molecule has 0 radical (unpaired) electrons. The first-order valence-corrected chi connectivity index (χ1v) is 10.7. The third-order valence-corrected chi connectivity index (χ3v) is 6.97. The van der Waals surface area contributed by atoms with Crippen LogP contribution in [0, 0.1) is 5.82 Å². The number of benzene rings is 1. The molecule has 0 saturated carbocycles. The molecule has 2 aromatic rings. The van der Waals surface area contributed by atoms with E-state index in [4.69, 9.17) is 5.73 Å². The van der Waals surface area contributed by atoms with Crippen molar-refractivity contribution in [3.8, 4) is 0 Å². The minimum absolute atomic E-state index is 0.227. The molecule has 4 N–H and O–H groups in total. The van der Waals surface area contributed by atoms with Gasteiger partial charge in [-0.2, -0.15) is 0 Å². The van der Waals surface area contributed by atoms with E-state index in [0.29, 0.717) is 16.1 Å². The van der Waals surface area contributed by atoms with Crippen molar-refractivity contribution in [3.05, 3.63) is 51.7 Å². The zero-order valence-electron chi connectivity index (χ0n) is 16.8. The molecule has 0 unspecified atom stereocenters. The minimum atomic E-state index is -1.37. The number of hydrogen-bond donors (Lipinski definition) is 3. The van der Waals surface area contributed by atoms with E-state index in [1.54, 1.807) is 6.92 Å². The molecule has 1 aromatic carbocycles. The van der Waals surface area contributed by atoms with Crippen LogP contribution in [0.1, 0.15) is 46.1 Å². The van der Waals surface area contributed by atoms with Crippen LogP contribution in [0.3, 0.4) is 0 Å². The lowest BCUT2D eigenvalue weighted by atomic mass is 9.87. The average molecular weight is 444 g/mol. The highest BCUT2D eigenvalue weighted by atomic mass is 32.1. The summed E-state index contributed by atoms with van der Waals surface area (Å²) >= 11 is 1.29. The molecule has 1 saturated heterocycles. The number of halogens is 1. The van der Waals surface area contributed by atoms with Crippen LogP contribution in [0.2, 0.25) is 0 Å². The Kier molecular flexibility index (Phi) is 5.26. The summed E-state index contributed by atoms with van der Waals surface area (Å²) in [7, 11) is 0. The zero-order valence-corrected chi connectivity index (χ0v) is 17.6. The Morgan fingerprint density at radius 3 is 2.61 bits per heavy atom. The van der Waals surface area contributed by atoms with Crippen LogP contribution in [-0.2, 0) is 28.0 Å². The van der Waals surface area contributed by atoms with Crippen molar-refractivity contribution < 1.29 is 23.6 Å². The molecule has 2 aliphatic rings. The zero-order chi connectivity index (χ0) is 22.3. The van der Waals surface area contributed by atoms with Gasteiger partial charge in [0.15, 0.2) is 0 Å². The van der Waals surface area contributed by atoms with Gasteiger partial charge < -0.3 is 16.4 Å². The SMILES string of the molecule is CC[C@@]1(c2ccc(F)cc2)NC(=O)N(CC(=O)Nc2sc3c(c2C(N)=O)CCC3)C1=O. The summed E-state index contributed by atoms with van der Waals surface area (Å²) in [5, 5.41) is 5.63. The number of nitrogens with zero attached hydrogens (tertiary/aromatic N) is 1. The van der Waals surface area contributed by atoms with Gasteiger partial charge in [0.1, 0.15) is 22.9 Å². The monoisotopic (exact) mass is 444 g/mol. The molecule has 1 fully saturated rings. The second kappa shape index (κ2) is 7.77. The van der Waals surface area contributed by atoms with Crippen molar-refractivity contribution in [2.24, 2.45) is 5.73 Å². The number of hydrogen-bond acceptors (Lipinski definition) is 5. The Morgan fingerprint density at radius 2 is 1.97 bits per heavy atom. The van der Waals surface area contributed by atoms with Crippen molar-refractivity contribution in [2.75, 3.05) is 11.9 Å². The summed E-state index contributed by atoms with van der Waals surface area (Å²) in [6, 6.07) is 4.58. The number of primary amides is 1. The molecule has 31 heavy (non-hydrogen) atoms. The van der Waals surface area contributed by atoms with E-state index < -0.39 is 41.7 Å². The second-order valence-corrected chi connectivity index (χ2v) is 8.67. The number of fused-ring (bicyclic) bond motifs is 1. The number of aryl methyl sites for hydroxylation is 1. The van der Waals surface area contributed by atoms with E-state index in [2.05, 4.69) is 10.6 Å². The minimum Gasteiger partial charge on any atom is -0.365 e. The molecular weight excluding hydrogens is 423 g/mol. The molecule has 10 heteroatoms. The van der Waals surface area contributed by atoms with E-state index in [0.717, 1.165) is 34.6 Å². The number of anilines is 1. The van der Waals surface area contributed by atoms with Gasteiger partial charge in [-0.15, -0.1) is 11.3 Å². The van der Waals surface area contributed by atoms with Gasteiger partial charge in [0.2, 0.25) is 5.91 Å². The summed E-state index contributed by atoms with van der Waals surface area (Å²) in [5.74, 6) is -2.29. The number of amides is 5. The summed E-state index contributed by atoms with van der Waals surface area (Å²) in [5.41, 5.74) is 5.74. The molecule has 0 bridgehead atoms. The number of urea groups is 1. The molecule has 1 aliphatic carbocycles. The fraction of sp³-hybridized carbons (Fsp3) is 0.333. The van der Waals surface area contributed by atoms with Gasteiger partial charge in [-0.1, -0.05) is 19.1 Å². The van der Waals surface area contributed by atoms with E-state index >= 15 is 0 Å². The second-order valence-electron chi connectivity index (χ2n) is 7.56. The molecule has 1 aromatic heterocycles. The van der Waals surface area contributed by atoms with Crippen molar-refractivity contribution in [3.63, 3.8) is 0 Å². The van der Waals surface area contributed by atoms with Gasteiger partial charge in [0, 0.05) is 4.88 Å². The summed E-state index contributed by atoms with van der Waals surface area (Å²) in [6.07, 6.45) is 2.70. The third-order valence-electron chi connectivity index (χ3n) is 5.77. The van der Waals surface area contributed by atoms with E-state index in [1.165, 1.54) is 35.6 Å². The fourth-order valence-corrected chi connectivity index (χ4v) is 5.52. The number of nitrogens with two attached hydrogens (primary N) is 1. The standard InChI is InChI=1S/C21H21FN4O4S/c1-2-21(11-6-8-12(22)9-7-11)19(29)26(20(30)25-21)10-15(27)24-18-16(17(23)28)13-4-3-5-14(13)31-18/h6-9H,2-5,10H2,1H3,(H2,23,28)(H,24,27)(H,25,30)/t21-/m0/s1. The number of nitrogens with one attached hydrogen (secondary N) is 2. The molecule has 162 valence electrons. The lowest BCUT2D eigenvalue weighted by Gasteiger charge is -2.25. The van der Waals surface area contributed by atoms with Gasteiger partial charge >= 0.3 is 6.03 Å². The predicted molar refractivity (Wildman–Crippen MR) is 112 cm³/mol. The highest BCUT2D eigenvalue weighted by Crippen LogP contribution is 2.39. The van der Waals surface area contributed by atoms with Gasteiger partial charge in [-0.25, -0.2) is 9.18 Å². The Morgan fingerprint density at radius 1 is 1.26 bits per heavy atom. The molecule has 0 spiro atoms. The van der Waals surface area contributed by atoms with E-state index in [-0.39, 0.29) is 6.42 Å². The van der Waals surface area contributed by atoms with Crippen LogP contribution in [0.5, 0.6) is 0 Å². The van der Waals surface area contributed by atoms with Crippen LogP contribution in [0.4, 0.5) is 14.2 Å². The molecule has 1 aliphatic heterocycles. The number of imide groups is 1. The lowest BCUT2D eigenvalue weighted by Crippen LogP contribution is -2.44. The first-order chi connectivity index (χ1) is 14.8. The largest absolute Gasteiger partial charge is 0.365 e. The van der Waals surface area contributed by atoms with Crippen molar-refractivity contribution >= 4 is 40.1 Å². The normalized spacial score (nSPS) is 20.0. The van der Waals surface area contributed by atoms with E-state index in [9.17, 15) is 23.6 Å². The van der Waals surface area contributed by atoms with Crippen LogP contribution in [0.25, 0.3) is 0 Å². The van der Waals surface area contributed by atoms with E-state index in [1.807, 2.05) is 0 Å². The van der Waals surface area contributed by atoms with Gasteiger partial charge in [-0.05, 0) is 48.9 Å². The van der Waals surface area contributed by atoms with Crippen molar-refractivity contribution in [2.45, 2.75) is 38.1 Å². The van der Waals surface area contributed by atoms with Gasteiger partial charge in [-0.3, -0.25) is 19.3 Å². The Bertz CT molecular complexity index is 1100. The number of carbonyl (C=O) groups is 4. The molecule has 8 nitrogen and oxygen atoms in total. The highest BCUT2D eigenvalue weighted by Gasteiger charge is 2.51. The van der Waals surface area contributed by atoms with Crippen LogP contribution >= 0.6 is 11.3 Å². The molecule has 4 rings (SSSR count).